The average molecular weight is 369 g/mol. The Morgan fingerprint density at radius 2 is 1.72 bits per heavy atom. The zero-order valence-electron chi connectivity index (χ0n) is 15.4. The van der Waals surface area contributed by atoms with Crippen molar-refractivity contribution in [2.75, 3.05) is 37.4 Å². The molecule has 140 valence electrons. The lowest BCUT2D eigenvalue weighted by atomic mass is 10.1. The molecule has 0 unspecified atom stereocenters. The van der Waals surface area contributed by atoms with Crippen molar-refractivity contribution < 1.29 is 8.42 Å². The summed E-state index contributed by atoms with van der Waals surface area (Å²) in [5.74, 6) is 2.18. The van der Waals surface area contributed by atoms with E-state index in [9.17, 15) is 8.42 Å². The molecule has 1 aliphatic carbocycles. The van der Waals surface area contributed by atoms with Crippen molar-refractivity contribution in [2.24, 2.45) is 0 Å². The van der Waals surface area contributed by atoms with Crippen LogP contribution in [0.1, 0.15) is 51.3 Å². The fourth-order valence-corrected chi connectivity index (χ4v) is 4.79. The van der Waals surface area contributed by atoms with Gasteiger partial charge in [-0.05, 0) is 25.7 Å². The Labute approximate surface area is 150 Å². The molecule has 0 spiro atoms. The van der Waals surface area contributed by atoms with Gasteiger partial charge in [-0.2, -0.15) is 15.0 Å². The largest absolute Gasteiger partial charge is 0.351 e. The number of piperidine rings is 1. The molecule has 1 saturated heterocycles. The Morgan fingerprint density at radius 1 is 1.08 bits per heavy atom. The third-order valence-corrected chi connectivity index (χ3v) is 7.05. The molecule has 0 bridgehead atoms. The summed E-state index contributed by atoms with van der Waals surface area (Å²) >= 11 is 0. The Hall–Kier alpha value is -1.48. The quantitative estimate of drug-likeness (QED) is 0.812. The summed E-state index contributed by atoms with van der Waals surface area (Å²) in [7, 11) is 0.751. The van der Waals surface area contributed by atoms with Crippen molar-refractivity contribution in [3.63, 3.8) is 0 Å². The average Bonchev–Trinajstić information content (AvgIpc) is 3.40. The second kappa shape index (κ2) is 7.03. The molecule has 1 aliphatic heterocycles. The molecule has 8 nitrogen and oxygen atoms in total. The van der Waals surface area contributed by atoms with E-state index in [4.69, 9.17) is 0 Å². The SMILES string of the molecule is CC(C)c1nc(NC2CCN(S(=O)(=O)C3CC3)CC2)nc(N(C)C)n1. The number of sulfonamides is 1. The highest BCUT2D eigenvalue weighted by Crippen LogP contribution is 2.32. The first-order valence-corrected chi connectivity index (χ1v) is 10.5. The minimum absolute atomic E-state index is 0.128. The van der Waals surface area contributed by atoms with Crippen LogP contribution in [0.2, 0.25) is 0 Å². The van der Waals surface area contributed by atoms with Crippen LogP contribution in [-0.2, 0) is 10.0 Å². The molecule has 0 amide bonds. The number of nitrogens with zero attached hydrogens (tertiary/aromatic N) is 5. The molecule has 2 fully saturated rings. The van der Waals surface area contributed by atoms with E-state index >= 15 is 0 Å². The molecule has 0 atom stereocenters. The fourth-order valence-electron chi connectivity index (χ4n) is 2.92. The van der Waals surface area contributed by atoms with Crippen LogP contribution in [0.15, 0.2) is 0 Å². The maximum Gasteiger partial charge on any atom is 0.229 e. The minimum Gasteiger partial charge on any atom is -0.351 e. The van der Waals surface area contributed by atoms with Crippen LogP contribution in [0.3, 0.4) is 0 Å². The summed E-state index contributed by atoms with van der Waals surface area (Å²) in [6.45, 7) is 5.25. The number of hydrogen-bond donors (Lipinski definition) is 1. The molecule has 1 saturated carbocycles. The molecule has 25 heavy (non-hydrogen) atoms. The monoisotopic (exact) mass is 368 g/mol. The smallest absolute Gasteiger partial charge is 0.229 e. The molecular weight excluding hydrogens is 340 g/mol. The predicted octanol–water partition coefficient (Wildman–Crippen LogP) is 1.43. The van der Waals surface area contributed by atoms with Crippen molar-refractivity contribution in [3.05, 3.63) is 5.82 Å². The summed E-state index contributed by atoms with van der Waals surface area (Å²) < 4.78 is 26.3. The zero-order valence-corrected chi connectivity index (χ0v) is 16.3. The fraction of sp³-hybridized carbons (Fsp3) is 0.812. The van der Waals surface area contributed by atoms with Gasteiger partial charge in [0.05, 0.1) is 5.25 Å². The van der Waals surface area contributed by atoms with E-state index in [1.807, 2.05) is 19.0 Å². The topological polar surface area (TPSA) is 91.3 Å². The highest BCUT2D eigenvalue weighted by Gasteiger charge is 2.41. The highest BCUT2D eigenvalue weighted by molar-refractivity contribution is 7.90. The van der Waals surface area contributed by atoms with Gasteiger partial charge in [0.15, 0.2) is 0 Å². The first-order valence-electron chi connectivity index (χ1n) is 8.96. The van der Waals surface area contributed by atoms with Gasteiger partial charge < -0.3 is 10.2 Å². The lowest BCUT2D eigenvalue weighted by Crippen LogP contribution is -2.43. The van der Waals surface area contributed by atoms with Crippen LogP contribution in [-0.4, -0.2) is 66.2 Å². The standard InChI is InChI=1S/C16H28N6O2S/c1-11(2)14-18-15(20-16(19-14)21(3)4)17-12-7-9-22(10-8-12)25(23,24)13-5-6-13/h11-13H,5-10H2,1-4H3,(H,17,18,19,20). The van der Waals surface area contributed by atoms with E-state index in [0.29, 0.717) is 25.0 Å². The number of rotatable bonds is 6. The van der Waals surface area contributed by atoms with Gasteiger partial charge in [0.1, 0.15) is 5.82 Å². The van der Waals surface area contributed by atoms with Gasteiger partial charge >= 0.3 is 0 Å². The van der Waals surface area contributed by atoms with Gasteiger partial charge in [-0.25, -0.2) is 12.7 Å². The zero-order chi connectivity index (χ0) is 18.2. The normalized spacial score (nSPS) is 20.0. The van der Waals surface area contributed by atoms with E-state index in [1.165, 1.54) is 0 Å². The first-order chi connectivity index (χ1) is 11.8. The summed E-state index contributed by atoms with van der Waals surface area (Å²) in [4.78, 5) is 15.3. The number of hydrogen-bond acceptors (Lipinski definition) is 7. The maximum atomic E-state index is 12.3. The Morgan fingerprint density at radius 3 is 2.24 bits per heavy atom. The van der Waals surface area contributed by atoms with E-state index in [1.54, 1.807) is 4.31 Å². The number of anilines is 2. The molecule has 2 heterocycles. The maximum absolute atomic E-state index is 12.3. The van der Waals surface area contributed by atoms with Gasteiger partial charge in [0.2, 0.25) is 21.9 Å². The van der Waals surface area contributed by atoms with Crippen LogP contribution < -0.4 is 10.2 Å². The third-order valence-electron chi connectivity index (χ3n) is 4.65. The van der Waals surface area contributed by atoms with Crippen molar-refractivity contribution in [1.82, 2.24) is 19.3 Å². The summed E-state index contributed by atoms with van der Waals surface area (Å²) in [6.07, 6.45) is 3.17. The Kier molecular flexibility index (Phi) is 5.15. The van der Waals surface area contributed by atoms with Crippen molar-refractivity contribution in [2.45, 2.75) is 56.7 Å². The lowest BCUT2D eigenvalue weighted by Gasteiger charge is -2.31. The van der Waals surface area contributed by atoms with E-state index in [-0.39, 0.29) is 17.2 Å². The van der Waals surface area contributed by atoms with Crippen molar-refractivity contribution in [1.29, 1.82) is 0 Å². The van der Waals surface area contributed by atoms with Crippen LogP contribution in [0.25, 0.3) is 0 Å². The van der Waals surface area contributed by atoms with Crippen molar-refractivity contribution >= 4 is 21.9 Å². The Balaban J connectivity index is 1.65. The van der Waals surface area contributed by atoms with E-state index in [0.717, 1.165) is 31.5 Å². The molecular formula is C16H28N6O2S. The molecule has 0 radical (unpaired) electrons. The van der Waals surface area contributed by atoms with Crippen LogP contribution in [0, 0.1) is 0 Å². The molecule has 1 N–H and O–H groups in total. The van der Waals surface area contributed by atoms with Gasteiger partial charge in [0.25, 0.3) is 0 Å². The number of nitrogens with one attached hydrogen (secondary N) is 1. The molecule has 1 aromatic rings. The van der Waals surface area contributed by atoms with Crippen LogP contribution in [0.5, 0.6) is 0 Å². The van der Waals surface area contributed by atoms with Crippen LogP contribution >= 0.6 is 0 Å². The molecule has 9 heteroatoms. The summed E-state index contributed by atoms with van der Waals surface area (Å²) in [6, 6.07) is 0.183. The van der Waals surface area contributed by atoms with Gasteiger partial charge in [0, 0.05) is 39.1 Å². The van der Waals surface area contributed by atoms with Gasteiger partial charge in [-0.1, -0.05) is 13.8 Å². The first kappa shape index (κ1) is 18.3. The summed E-state index contributed by atoms with van der Waals surface area (Å²) in [5, 5.41) is 3.25. The third kappa shape index (κ3) is 4.20. The molecule has 3 rings (SSSR count). The lowest BCUT2D eigenvalue weighted by molar-refractivity contribution is 0.328. The molecule has 1 aromatic heterocycles. The second-order valence-corrected chi connectivity index (χ2v) is 9.64. The predicted molar refractivity (Wildman–Crippen MR) is 98.4 cm³/mol. The second-order valence-electron chi connectivity index (χ2n) is 7.43. The van der Waals surface area contributed by atoms with Gasteiger partial charge in [-0.15, -0.1) is 0 Å². The highest BCUT2D eigenvalue weighted by atomic mass is 32.2. The van der Waals surface area contributed by atoms with Crippen molar-refractivity contribution in [3.8, 4) is 0 Å². The Bertz CT molecular complexity index is 683. The molecule has 0 aromatic carbocycles. The number of aromatic nitrogens is 3. The van der Waals surface area contributed by atoms with Gasteiger partial charge in [-0.3, -0.25) is 0 Å². The van der Waals surface area contributed by atoms with Crippen LogP contribution in [0.4, 0.5) is 11.9 Å². The summed E-state index contributed by atoms with van der Waals surface area (Å²) in [5.41, 5.74) is 0. The van der Waals surface area contributed by atoms with E-state index in [2.05, 4.69) is 34.1 Å². The van der Waals surface area contributed by atoms with E-state index < -0.39 is 10.0 Å². The minimum atomic E-state index is -3.06. The molecule has 2 aliphatic rings.